The van der Waals surface area contributed by atoms with Crippen LogP contribution in [0, 0.1) is 0 Å². The van der Waals surface area contributed by atoms with Gasteiger partial charge in [0.2, 0.25) is 10.0 Å². The van der Waals surface area contributed by atoms with Crippen LogP contribution in [0.3, 0.4) is 0 Å². The van der Waals surface area contributed by atoms with Crippen molar-refractivity contribution in [2.45, 2.75) is 30.3 Å². The van der Waals surface area contributed by atoms with E-state index in [1.54, 1.807) is 29.6 Å². The zero-order valence-electron chi connectivity index (χ0n) is 15.8. The summed E-state index contributed by atoms with van der Waals surface area (Å²) in [7, 11) is -3.69. The van der Waals surface area contributed by atoms with Crippen LogP contribution in [0.5, 0.6) is 0 Å². The van der Waals surface area contributed by atoms with Crippen molar-refractivity contribution < 1.29 is 13.2 Å². The Morgan fingerprint density at radius 2 is 2.03 bits per heavy atom. The monoisotopic (exact) mass is 430 g/mol. The fourth-order valence-corrected chi connectivity index (χ4v) is 5.28. The number of aromatic nitrogens is 2. The fraction of sp³-hybridized carbons (Fsp3) is 0.300. The Hall–Kier alpha value is -2.49. The summed E-state index contributed by atoms with van der Waals surface area (Å²) in [6, 6.07) is 10.4. The van der Waals surface area contributed by atoms with Gasteiger partial charge in [-0.05, 0) is 42.5 Å². The predicted molar refractivity (Wildman–Crippen MR) is 111 cm³/mol. The number of benzene rings is 1. The minimum Gasteiger partial charge on any atom is -0.338 e. The molecule has 4 rings (SSSR count). The van der Waals surface area contributed by atoms with E-state index < -0.39 is 10.0 Å². The van der Waals surface area contributed by atoms with Crippen LogP contribution in [-0.2, 0) is 16.6 Å². The van der Waals surface area contributed by atoms with Gasteiger partial charge in [0.1, 0.15) is 0 Å². The highest BCUT2D eigenvalue weighted by molar-refractivity contribution is 7.89. The van der Waals surface area contributed by atoms with Crippen molar-refractivity contribution in [2.24, 2.45) is 0 Å². The number of rotatable bonds is 6. The number of likely N-dealkylation sites (tertiary alicyclic amines) is 1. The lowest BCUT2D eigenvalue weighted by atomic mass is 10.0. The number of carbonyl (C=O) groups is 1. The van der Waals surface area contributed by atoms with Gasteiger partial charge in [-0.15, -0.1) is 11.3 Å². The molecule has 2 aromatic heterocycles. The molecule has 1 amide bonds. The summed E-state index contributed by atoms with van der Waals surface area (Å²) in [4.78, 5) is 19.8. The first-order chi connectivity index (χ1) is 14.0. The Bertz CT molecular complexity index is 1060. The Balaban J connectivity index is 1.42. The standard InChI is InChI=1S/C20H22N4O3S2/c25-20(23-9-6-17(7-10-23)24-11-8-21-15-24)16-3-1-5-19(13-16)29(26,27)22-14-18-4-2-12-28-18/h1-5,8,11-13,15,17,22H,6-7,9-10,14H2. The summed E-state index contributed by atoms with van der Waals surface area (Å²) in [6.45, 7) is 1.50. The summed E-state index contributed by atoms with van der Waals surface area (Å²) in [5.74, 6) is -0.135. The molecule has 0 radical (unpaired) electrons. The molecule has 9 heteroatoms. The van der Waals surface area contributed by atoms with E-state index in [0.29, 0.717) is 24.7 Å². The number of hydrogen-bond donors (Lipinski definition) is 1. The third kappa shape index (κ3) is 4.58. The summed E-state index contributed by atoms with van der Waals surface area (Å²) in [5.41, 5.74) is 0.394. The maximum atomic E-state index is 12.9. The van der Waals surface area contributed by atoms with Gasteiger partial charge in [0.25, 0.3) is 5.91 Å². The van der Waals surface area contributed by atoms with Gasteiger partial charge in [0, 0.05) is 48.5 Å². The molecule has 0 bridgehead atoms. The van der Waals surface area contributed by atoms with Crippen molar-refractivity contribution in [1.29, 1.82) is 0 Å². The van der Waals surface area contributed by atoms with Crippen molar-refractivity contribution in [3.63, 3.8) is 0 Å². The molecule has 0 atom stereocenters. The smallest absolute Gasteiger partial charge is 0.253 e. The van der Waals surface area contributed by atoms with E-state index in [9.17, 15) is 13.2 Å². The van der Waals surface area contributed by atoms with Crippen molar-refractivity contribution in [1.82, 2.24) is 19.2 Å². The van der Waals surface area contributed by atoms with E-state index in [1.165, 1.54) is 23.5 Å². The first-order valence-electron chi connectivity index (χ1n) is 9.42. The minimum absolute atomic E-state index is 0.105. The molecule has 152 valence electrons. The molecule has 1 aromatic carbocycles. The normalized spacial score (nSPS) is 15.5. The SMILES string of the molecule is O=C(c1cccc(S(=O)(=O)NCc2cccs2)c1)N1CCC(n2ccnc2)CC1. The molecule has 0 saturated carbocycles. The molecule has 0 spiro atoms. The molecular weight excluding hydrogens is 408 g/mol. The highest BCUT2D eigenvalue weighted by Gasteiger charge is 2.25. The molecule has 1 fully saturated rings. The molecule has 0 aliphatic carbocycles. The summed E-state index contributed by atoms with van der Waals surface area (Å²) >= 11 is 1.49. The molecule has 3 heterocycles. The maximum absolute atomic E-state index is 12.9. The third-order valence-corrected chi connectivity index (χ3v) is 7.38. The first-order valence-corrected chi connectivity index (χ1v) is 11.8. The van der Waals surface area contributed by atoms with Crippen molar-refractivity contribution in [3.05, 3.63) is 70.9 Å². The van der Waals surface area contributed by atoms with Crippen LogP contribution in [0.25, 0.3) is 0 Å². The minimum atomic E-state index is -3.69. The second kappa shape index (κ2) is 8.48. The third-order valence-electron chi connectivity index (χ3n) is 5.11. The Labute approximate surface area is 174 Å². The van der Waals surface area contributed by atoms with Crippen LogP contribution in [0.15, 0.2) is 65.4 Å². The molecule has 1 aliphatic heterocycles. The summed E-state index contributed by atoms with van der Waals surface area (Å²) in [5, 5.41) is 1.90. The predicted octanol–water partition coefficient (Wildman–Crippen LogP) is 2.90. The Morgan fingerprint density at radius 1 is 1.21 bits per heavy atom. The first kappa shape index (κ1) is 19.8. The highest BCUT2D eigenvalue weighted by atomic mass is 32.2. The van der Waals surface area contributed by atoms with Gasteiger partial charge in [0.05, 0.1) is 11.2 Å². The molecule has 1 N–H and O–H groups in total. The zero-order chi connectivity index (χ0) is 20.3. The van der Waals surface area contributed by atoms with Crippen LogP contribution in [0.2, 0.25) is 0 Å². The van der Waals surface area contributed by atoms with Crippen molar-refractivity contribution >= 4 is 27.3 Å². The summed E-state index contributed by atoms with van der Waals surface area (Å²) < 4.78 is 29.9. The quantitative estimate of drug-likeness (QED) is 0.652. The van der Waals surface area contributed by atoms with E-state index in [1.807, 2.05) is 23.7 Å². The lowest BCUT2D eigenvalue weighted by Crippen LogP contribution is -2.39. The number of amides is 1. The van der Waals surface area contributed by atoms with Gasteiger partial charge < -0.3 is 9.47 Å². The number of hydrogen-bond acceptors (Lipinski definition) is 5. The number of piperidine rings is 1. The van der Waals surface area contributed by atoms with E-state index in [0.717, 1.165) is 17.7 Å². The molecule has 1 aliphatic rings. The van der Waals surface area contributed by atoms with E-state index in [2.05, 4.69) is 14.3 Å². The van der Waals surface area contributed by atoms with E-state index in [-0.39, 0.29) is 17.3 Å². The van der Waals surface area contributed by atoms with Gasteiger partial charge in [-0.2, -0.15) is 0 Å². The van der Waals surface area contributed by atoms with Crippen molar-refractivity contribution in [2.75, 3.05) is 13.1 Å². The zero-order valence-corrected chi connectivity index (χ0v) is 17.4. The lowest BCUT2D eigenvalue weighted by molar-refractivity contribution is 0.0694. The topological polar surface area (TPSA) is 84.3 Å². The van der Waals surface area contributed by atoms with Crippen LogP contribution >= 0.6 is 11.3 Å². The van der Waals surface area contributed by atoms with E-state index in [4.69, 9.17) is 0 Å². The van der Waals surface area contributed by atoms with Gasteiger partial charge in [-0.25, -0.2) is 18.1 Å². The van der Waals surface area contributed by atoms with Crippen LogP contribution < -0.4 is 4.72 Å². The average Bonchev–Trinajstić information content (AvgIpc) is 3.46. The lowest BCUT2D eigenvalue weighted by Gasteiger charge is -2.32. The molecule has 1 saturated heterocycles. The Kier molecular flexibility index (Phi) is 5.79. The fourth-order valence-electron chi connectivity index (χ4n) is 3.49. The maximum Gasteiger partial charge on any atom is 0.253 e. The highest BCUT2D eigenvalue weighted by Crippen LogP contribution is 2.24. The van der Waals surface area contributed by atoms with Crippen LogP contribution in [0.4, 0.5) is 0 Å². The van der Waals surface area contributed by atoms with Gasteiger partial charge >= 0.3 is 0 Å². The second-order valence-corrected chi connectivity index (χ2v) is 9.76. The molecular formula is C20H22N4O3S2. The largest absolute Gasteiger partial charge is 0.338 e. The number of nitrogens with zero attached hydrogens (tertiary/aromatic N) is 3. The number of imidazole rings is 1. The number of thiophene rings is 1. The second-order valence-electron chi connectivity index (χ2n) is 6.97. The van der Waals surface area contributed by atoms with Gasteiger partial charge in [-0.1, -0.05) is 12.1 Å². The molecule has 7 nitrogen and oxygen atoms in total. The Morgan fingerprint density at radius 3 is 2.72 bits per heavy atom. The van der Waals surface area contributed by atoms with Gasteiger partial charge in [-0.3, -0.25) is 4.79 Å². The van der Waals surface area contributed by atoms with Crippen LogP contribution in [-0.4, -0.2) is 41.9 Å². The molecule has 29 heavy (non-hydrogen) atoms. The number of sulfonamides is 1. The molecule has 3 aromatic rings. The number of nitrogens with one attached hydrogen (secondary N) is 1. The van der Waals surface area contributed by atoms with E-state index >= 15 is 0 Å². The van der Waals surface area contributed by atoms with Crippen LogP contribution in [0.1, 0.15) is 34.1 Å². The van der Waals surface area contributed by atoms with Gasteiger partial charge in [0.15, 0.2) is 0 Å². The van der Waals surface area contributed by atoms with Crippen molar-refractivity contribution in [3.8, 4) is 0 Å². The average molecular weight is 431 g/mol. The number of carbonyl (C=O) groups excluding carboxylic acids is 1. The summed E-state index contributed by atoms with van der Waals surface area (Å²) in [6.07, 6.45) is 7.21. The molecule has 0 unspecified atom stereocenters.